The van der Waals surface area contributed by atoms with Gasteiger partial charge in [-0.05, 0) is 18.2 Å². The highest BCUT2D eigenvalue weighted by atomic mass is 16.5. The van der Waals surface area contributed by atoms with Crippen LogP contribution >= 0.6 is 0 Å². The fraction of sp³-hybridized carbons (Fsp3) is 0.368. The van der Waals surface area contributed by atoms with E-state index in [2.05, 4.69) is 25.7 Å². The van der Waals surface area contributed by atoms with E-state index < -0.39 is 23.2 Å². The van der Waals surface area contributed by atoms with Crippen molar-refractivity contribution in [2.75, 3.05) is 19.0 Å². The summed E-state index contributed by atoms with van der Waals surface area (Å²) in [6, 6.07) is 6.18. The van der Waals surface area contributed by atoms with Gasteiger partial charge in [0.05, 0.1) is 13.3 Å². The molecular formula is C19H23N5O5. The van der Waals surface area contributed by atoms with Gasteiger partial charge in [-0.25, -0.2) is 4.68 Å². The van der Waals surface area contributed by atoms with Crippen LogP contribution in [0, 0.1) is 5.41 Å². The molecule has 0 spiro atoms. The van der Waals surface area contributed by atoms with Crippen molar-refractivity contribution < 1.29 is 23.9 Å². The van der Waals surface area contributed by atoms with Crippen LogP contribution in [0.4, 0.5) is 5.69 Å². The van der Waals surface area contributed by atoms with Crippen LogP contribution in [-0.4, -0.2) is 52.2 Å². The molecule has 0 aliphatic rings. The van der Waals surface area contributed by atoms with E-state index in [0.717, 1.165) is 0 Å². The summed E-state index contributed by atoms with van der Waals surface area (Å²) in [5, 5.41) is 12.6. The van der Waals surface area contributed by atoms with Crippen molar-refractivity contribution in [2.45, 2.75) is 27.3 Å². The first-order chi connectivity index (χ1) is 13.6. The van der Waals surface area contributed by atoms with E-state index in [1.54, 1.807) is 32.9 Å². The van der Waals surface area contributed by atoms with E-state index in [4.69, 9.17) is 0 Å². The molecule has 0 radical (unpaired) electrons. The van der Waals surface area contributed by atoms with Crippen molar-refractivity contribution in [3.63, 3.8) is 0 Å². The summed E-state index contributed by atoms with van der Waals surface area (Å²) in [5.41, 5.74) is 0.128. The number of carbonyl (C=O) groups is 4. The number of aromatic nitrogens is 3. The van der Waals surface area contributed by atoms with E-state index in [9.17, 15) is 19.2 Å². The molecule has 10 nitrogen and oxygen atoms in total. The Morgan fingerprint density at radius 3 is 2.52 bits per heavy atom. The number of hydrogen-bond donors (Lipinski definition) is 2. The fourth-order valence-corrected chi connectivity index (χ4v) is 2.12. The minimum atomic E-state index is -0.573. The van der Waals surface area contributed by atoms with Crippen molar-refractivity contribution in [3.05, 3.63) is 41.7 Å². The number of esters is 1. The number of methoxy groups -OCH3 is 1. The molecule has 2 N–H and O–H groups in total. The lowest BCUT2D eigenvalue weighted by molar-refractivity contribution is -0.139. The summed E-state index contributed by atoms with van der Waals surface area (Å²) < 4.78 is 5.76. The summed E-state index contributed by atoms with van der Waals surface area (Å²) in [5.74, 6) is -1.64. The van der Waals surface area contributed by atoms with Gasteiger partial charge in [-0.3, -0.25) is 19.2 Å². The van der Waals surface area contributed by atoms with E-state index in [0.29, 0.717) is 5.69 Å². The van der Waals surface area contributed by atoms with Gasteiger partial charge in [0.15, 0.2) is 11.5 Å². The van der Waals surface area contributed by atoms with Crippen LogP contribution in [0.5, 0.6) is 0 Å². The minimum Gasteiger partial charge on any atom is -0.468 e. The maximum atomic E-state index is 12.4. The maximum absolute atomic E-state index is 12.4. The van der Waals surface area contributed by atoms with E-state index >= 15 is 0 Å². The molecule has 2 aromatic rings. The van der Waals surface area contributed by atoms with Crippen molar-refractivity contribution in [1.29, 1.82) is 0 Å². The van der Waals surface area contributed by atoms with E-state index in [1.807, 2.05) is 0 Å². The monoisotopic (exact) mass is 401 g/mol. The molecule has 1 aromatic heterocycles. The molecule has 2 rings (SSSR count). The normalized spacial score (nSPS) is 10.9. The number of amides is 2. The molecule has 0 aliphatic heterocycles. The molecule has 0 bridgehead atoms. The second kappa shape index (κ2) is 9.09. The molecule has 0 fully saturated rings. The molecule has 0 unspecified atom stereocenters. The molecule has 0 atom stereocenters. The van der Waals surface area contributed by atoms with Crippen LogP contribution < -0.4 is 10.6 Å². The van der Waals surface area contributed by atoms with Gasteiger partial charge in [-0.15, -0.1) is 5.10 Å². The molecule has 154 valence electrons. The Labute approximate surface area is 167 Å². The third-order valence-corrected chi connectivity index (χ3v) is 3.92. The number of benzene rings is 1. The number of Topliss-reactive ketones (excluding diaryl/α,β-unsaturated/α-hetero) is 1. The third kappa shape index (κ3) is 6.23. The molecule has 1 aromatic carbocycles. The SMILES string of the molecule is COC(=O)CNC(=O)c1cccc(NC(=O)c2cn(CC(=O)C(C)(C)C)nn2)c1. The summed E-state index contributed by atoms with van der Waals surface area (Å²) in [6.45, 7) is 5.15. The number of carbonyl (C=O) groups excluding carboxylic acids is 4. The van der Waals surface area contributed by atoms with Crippen LogP contribution in [-0.2, 0) is 20.9 Å². The van der Waals surface area contributed by atoms with Gasteiger partial charge in [0.2, 0.25) is 0 Å². The largest absolute Gasteiger partial charge is 0.468 e. The number of anilines is 1. The summed E-state index contributed by atoms with van der Waals surface area (Å²) in [4.78, 5) is 47.6. The average Bonchev–Trinajstić information content (AvgIpc) is 3.14. The van der Waals surface area contributed by atoms with E-state index in [-0.39, 0.29) is 30.1 Å². The predicted molar refractivity (Wildman–Crippen MR) is 103 cm³/mol. The fourth-order valence-electron chi connectivity index (χ4n) is 2.12. The number of ether oxygens (including phenoxy) is 1. The lowest BCUT2D eigenvalue weighted by Crippen LogP contribution is -2.30. The van der Waals surface area contributed by atoms with Crippen LogP contribution in [0.1, 0.15) is 41.6 Å². The zero-order valence-electron chi connectivity index (χ0n) is 16.7. The maximum Gasteiger partial charge on any atom is 0.325 e. The number of ketones is 1. The predicted octanol–water partition coefficient (Wildman–Crippen LogP) is 1.05. The van der Waals surface area contributed by atoms with Crippen LogP contribution in [0.25, 0.3) is 0 Å². The van der Waals surface area contributed by atoms with Crippen LogP contribution in [0.3, 0.4) is 0 Å². The zero-order valence-corrected chi connectivity index (χ0v) is 16.7. The standard InChI is InChI=1S/C19H23N5O5/c1-19(2,3)15(25)11-24-10-14(22-23-24)18(28)21-13-7-5-6-12(8-13)17(27)20-9-16(26)29-4/h5-8,10H,9,11H2,1-4H3,(H,20,27)(H,21,28). The quantitative estimate of drug-likeness (QED) is 0.663. The summed E-state index contributed by atoms with van der Waals surface area (Å²) >= 11 is 0. The Balaban J connectivity index is 2.02. The van der Waals surface area contributed by atoms with Gasteiger partial charge < -0.3 is 15.4 Å². The average molecular weight is 401 g/mol. The summed E-state index contributed by atoms with van der Waals surface area (Å²) in [6.07, 6.45) is 1.38. The number of nitrogens with zero attached hydrogens (tertiary/aromatic N) is 3. The number of nitrogens with one attached hydrogen (secondary N) is 2. The minimum absolute atomic E-state index is 0.0135. The first-order valence-corrected chi connectivity index (χ1v) is 8.80. The second-order valence-electron chi connectivity index (χ2n) is 7.27. The smallest absolute Gasteiger partial charge is 0.325 e. The molecule has 2 amide bonds. The van der Waals surface area contributed by atoms with Crippen LogP contribution in [0.2, 0.25) is 0 Å². The highest BCUT2D eigenvalue weighted by Crippen LogP contribution is 2.16. The molecule has 0 saturated heterocycles. The molecule has 10 heteroatoms. The van der Waals surface area contributed by atoms with Crippen molar-refractivity contribution in [3.8, 4) is 0 Å². The lowest BCUT2D eigenvalue weighted by atomic mass is 9.91. The van der Waals surface area contributed by atoms with Gasteiger partial charge >= 0.3 is 5.97 Å². The molecular weight excluding hydrogens is 378 g/mol. The van der Waals surface area contributed by atoms with Gasteiger partial charge in [0.1, 0.15) is 13.1 Å². The van der Waals surface area contributed by atoms with Crippen LogP contribution in [0.15, 0.2) is 30.5 Å². The van der Waals surface area contributed by atoms with Crippen molar-refractivity contribution in [1.82, 2.24) is 20.3 Å². The Morgan fingerprint density at radius 1 is 1.14 bits per heavy atom. The third-order valence-electron chi connectivity index (χ3n) is 3.92. The molecule has 1 heterocycles. The number of rotatable bonds is 7. The van der Waals surface area contributed by atoms with Gasteiger partial charge in [-0.1, -0.05) is 32.1 Å². The molecule has 0 saturated carbocycles. The lowest BCUT2D eigenvalue weighted by Gasteiger charge is -2.15. The number of hydrogen-bond acceptors (Lipinski definition) is 7. The molecule has 29 heavy (non-hydrogen) atoms. The van der Waals surface area contributed by atoms with Crippen molar-refractivity contribution >= 4 is 29.3 Å². The van der Waals surface area contributed by atoms with Gasteiger partial charge in [-0.2, -0.15) is 0 Å². The summed E-state index contributed by atoms with van der Waals surface area (Å²) in [7, 11) is 1.22. The Kier molecular flexibility index (Phi) is 6.81. The Morgan fingerprint density at radius 2 is 1.86 bits per heavy atom. The highest BCUT2D eigenvalue weighted by molar-refractivity contribution is 6.04. The second-order valence-corrected chi connectivity index (χ2v) is 7.27. The first-order valence-electron chi connectivity index (χ1n) is 8.80. The zero-order chi connectivity index (χ0) is 21.6. The van der Waals surface area contributed by atoms with Gasteiger partial charge in [0, 0.05) is 16.7 Å². The highest BCUT2D eigenvalue weighted by Gasteiger charge is 2.22. The topological polar surface area (TPSA) is 132 Å². The van der Waals surface area contributed by atoms with Crippen molar-refractivity contribution in [2.24, 2.45) is 5.41 Å². The van der Waals surface area contributed by atoms with E-state index in [1.165, 1.54) is 30.1 Å². The first kappa shape index (κ1) is 21.7. The van der Waals surface area contributed by atoms with Gasteiger partial charge in [0.25, 0.3) is 11.8 Å². The Bertz CT molecular complexity index is 929. The Hall–Kier alpha value is -3.56. The molecule has 0 aliphatic carbocycles.